The maximum absolute atomic E-state index is 13.1. The van der Waals surface area contributed by atoms with Gasteiger partial charge in [0.2, 0.25) is 12.7 Å². The van der Waals surface area contributed by atoms with Crippen molar-refractivity contribution in [1.82, 2.24) is 5.32 Å². The van der Waals surface area contributed by atoms with Gasteiger partial charge in [-0.25, -0.2) is 0 Å². The number of rotatable bonds is 6. The fourth-order valence-corrected chi connectivity index (χ4v) is 3.54. The molecule has 0 fully saturated rings. The van der Waals surface area contributed by atoms with Crippen LogP contribution in [0.3, 0.4) is 0 Å². The lowest BCUT2D eigenvalue weighted by molar-refractivity contribution is -0.118. The number of anilines is 1. The number of ether oxygens (including phenoxy) is 2. The van der Waals surface area contributed by atoms with Gasteiger partial charge in [0.25, 0.3) is 0 Å². The zero-order chi connectivity index (χ0) is 20.2. The largest absolute Gasteiger partial charge is 0.454 e. The molecule has 1 heterocycles. The molecule has 0 aliphatic carbocycles. The second kappa shape index (κ2) is 8.37. The van der Waals surface area contributed by atoms with Crippen molar-refractivity contribution in [3.8, 4) is 11.5 Å². The molecule has 1 amide bonds. The molecule has 3 aromatic carbocycles. The van der Waals surface area contributed by atoms with Crippen LogP contribution in [-0.4, -0.2) is 12.7 Å². The molecule has 2 N–H and O–H groups in total. The summed E-state index contributed by atoms with van der Waals surface area (Å²) in [7, 11) is 0. The van der Waals surface area contributed by atoms with Gasteiger partial charge in [0.05, 0.1) is 0 Å². The van der Waals surface area contributed by atoms with Crippen LogP contribution in [0.5, 0.6) is 11.5 Å². The SMILES string of the molecule is Cc1cc(C)cc(NC(=O)[C@H](NCc2ccc3c(c2)OCO3)c2ccccc2)c1. The number of hydrogen-bond acceptors (Lipinski definition) is 4. The fourth-order valence-electron chi connectivity index (χ4n) is 3.54. The Morgan fingerprint density at radius 1 is 0.931 bits per heavy atom. The van der Waals surface area contributed by atoms with Crippen LogP contribution in [0.15, 0.2) is 66.7 Å². The Bertz CT molecular complexity index is 998. The summed E-state index contributed by atoms with van der Waals surface area (Å²) >= 11 is 0. The van der Waals surface area contributed by atoms with Gasteiger partial charge in [0.15, 0.2) is 11.5 Å². The van der Waals surface area contributed by atoms with Crippen molar-refractivity contribution in [2.24, 2.45) is 0 Å². The normalized spacial score (nSPS) is 13.2. The Morgan fingerprint density at radius 3 is 2.41 bits per heavy atom. The molecule has 5 nitrogen and oxygen atoms in total. The zero-order valence-electron chi connectivity index (χ0n) is 16.6. The molecule has 4 rings (SSSR count). The highest BCUT2D eigenvalue weighted by atomic mass is 16.7. The number of nitrogens with one attached hydrogen (secondary N) is 2. The van der Waals surface area contributed by atoms with Gasteiger partial charge in [-0.1, -0.05) is 42.5 Å². The average molecular weight is 388 g/mol. The number of carbonyl (C=O) groups excluding carboxylic acids is 1. The van der Waals surface area contributed by atoms with Crippen LogP contribution in [0.4, 0.5) is 5.69 Å². The Labute approximate surface area is 170 Å². The first-order valence-corrected chi connectivity index (χ1v) is 9.64. The summed E-state index contributed by atoms with van der Waals surface area (Å²) < 4.78 is 10.8. The van der Waals surface area contributed by atoms with Crippen LogP contribution in [0.1, 0.15) is 28.3 Å². The van der Waals surface area contributed by atoms with E-state index in [9.17, 15) is 4.79 Å². The van der Waals surface area contributed by atoms with E-state index in [1.807, 2.05) is 74.5 Å². The van der Waals surface area contributed by atoms with E-state index in [4.69, 9.17) is 9.47 Å². The molecule has 0 radical (unpaired) electrons. The number of carbonyl (C=O) groups is 1. The molecule has 1 aliphatic rings. The van der Waals surface area contributed by atoms with Crippen LogP contribution in [0.25, 0.3) is 0 Å². The zero-order valence-corrected chi connectivity index (χ0v) is 16.6. The van der Waals surface area contributed by atoms with Gasteiger partial charge in [-0.3, -0.25) is 10.1 Å². The standard InChI is InChI=1S/C24H24N2O3/c1-16-10-17(2)12-20(11-16)26-24(27)23(19-6-4-3-5-7-19)25-14-18-8-9-21-22(13-18)29-15-28-21/h3-13,23,25H,14-15H2,1-2H3,(H,26,27)/t23-/m1/s1. The molecule has 5 heteroatoms. The minimum absolute atomic E-state index is 0.0954. The van der Waals surface area contributed by atoms with Crippen molar-refractivity contribution in [2.75, 3.05) is 12.1 Å². The molecule has 3 aromatic rings. The van der Waals surface area contributed by atoms with Crippen molar-refractivity contribution in [1.29, 1.82) is 0 Å². The topological polar surface area (TPSA) is 59.6 Å². The van der Waals surface area contributed by atoms with Crippen molar-refractivity contribution >= 4 is 11.6 Å². The number of fused-ring (bicyclic) bond motifs is 1. The molecule has 0 aromatic heterocycles. The predicted molar refractivity (Wildman–Crippen MR) is 113 cm³/mol. The molecule has 0 bridgehead atoms. The van der Waals surface area contributed by atoms with Crippen LogP contribution in [-0.2, 0) is 11.3 Å². The number of benzene rings is 3. The summed E-state index contributed by atoms with van der Waals surface area (Å²) in [6.45, 7) is 4.82. The first-order chi connectivity index (χ1) is 14.1. The van der Waals surface area contributed by atoms with Crippen molar-refractivity contribution < 1.29 is 14.3 Å². The molecule has 1 atom stereocenters. The number of amides is 1. The lowest BCUT2D eigenvalue weighted by Crippen LogP contribution is -2.32. The highest BCUT2D eigenvalue weighted by Gasteiger charge is 2.21. The summed E-state index contributed by atoms with van der Waals surface area (Å²) in [6.07, 6.45) is 0. The van der Waals surface area contributed by atoms with E-state index in [2.05, 4.69) is 16.7 Å². The van der Waals surface area contributed by atoms with Crippen LogP contribution >= 0.6 is 0 Å². The van der Waals surface area contributed by atoms with Gasteiger partial charge in [-0.15, -0.1) is 0 Å². The molecule has 0 unspecified atom stereocenters. The predicted octanol–water partition coefficient (Wildman–Crippen LogP) is 4.50. The third-order valence-electron chi connectivity index (χ3n) is 4.83. The molecule has 148 valence electrons. The second-order valence-corrected chi connectivity index (χ2v) is 7.28. The van der Waals surface area contributed by atoms with Crippen molar-refractivity contribution in [3.05, 3.63) is 89.0 Å². The maximum Gasteiger partial charge on any atom is 0.246 e. The van der Waals surface area contributed by atoms with Gasteiger partial charge in [-0.2, -0.15) is 0 Å². The van der Waals surface area contributed by atoms with Gasteiger partial charge in [0.1, 0.15) is 6.04 Å². The van der Waals surface area contributed by atoms with Gasteiger partial charge in [0, 0.05) is 12.2 Å². The second-order valence-electron chi connectivity index (χ2n) is 7.28. The molecular formula is C24H24N2O3. The average Bonchev–Trinajstić information content (AvgIpc) is 3.16. The lowest BCUT2D eigenvalue weighted by Gasteiger charge is -2.19. The highest BCUT2D eigenvalue weighted by Crippen LogP contribution is 2.32. The van der Waals surface area contributed by atoms with Gasteiger partial charge in [-0.05, 0) is 60.4 Å². The molecule has 29 heavy (non-hydrogen) atoms. The third-order valence-corrected chi connectivity index (χ3v) is 4.83. The Morgan fingerprint density at radius 2 is 1.66 bits per heavy atom. The smallest absolute Gasteiger partial charge is 0.246 e. The molecular weight excluding hydrogens is 364 g/mol. The van der Waals surface area contributed by atoms with E-state index >= 15 is 0 Å². The van der Waals surface area contributed by atoms with E-state index in [1.54, 1.807) is 0 Å². The summed E-state index contributed by atoms with van der Waals surface area (Å²) in [4.78, 5) is 13.1. The van der Waals surface area contributed by atoms with Crippen LogP contribution < -0.4 is 20.1 Å². The van der Waals surface area contributed by atoms with Gasteiger partial charge < -0.3 is 14.8 Å². The molecule has 0 saturated carbocycles. The molecule has 1 aliphatic heterocycles. The first-order valence-electron chi connectivity index (χ1n) is 9.64. The Hall–Kier alpha value is -3.31. The van der Waals surface area contributed by atoms with Crippen molar-refractivity contribution in [3.63, 3.8) is 0 Å². The van der Waals surface area contributed by atoms with Crippen LogP contribution in [0.2, 0.25) is 0 Å². The Balaban J connectivity index is 1.52. The summed E-state index contributed by atoms with van der Waals surface area (Å²) in [6, 6.07) is 21.1. The van der Waals surface area contributed by atoms with E-state index in [1.165, 1.54) is 0 Å². The summed E-state index contributed by atoms with van der Waals surface area (Å²) in [5, 5.41) is 6.44. The minimum atomic E-state index is -0.484. The third kappa shape index (κ3) is 4.58. The maximum atomic E-state index is 13.1. The number of aryl methyl sites for hydroxylation is 2. The molecule has 0 saturated heterocycles. The summed E-state index contributed by atoms with van der Waals surface area (Å²) in [5.74, 6) is 1.39. The van der Waals surface area contributed by atoms with Crippen molar-refractivity contribution in [2.45, 2.75) is 26.4 Å². The van der Waals surface area contributed by atoms with Gasteiger partial charge >= 0.3 is 0 Å². The number of hydrogen-bond donors (Lipinski definition) is 2. The van der Waals surface area contributed by atoms with E-state index in [0.29, 0.717) is 6.54 Å². The minimum Gasteiger partial charge on any atom is -0.454 e. The van der Waals surface area contributed by atoms with E-state index in [-0.39, 0.29) is 12.7 Å². The Kier molecular flexibility index (Phi) is 5.49. The van der Waals surface area contributed by atoms with E-state index < -0.39 is 6.04 Å². The monoisotopic (exact) mass is 388 g/mol. The fraction of sp³-hybridized carbons (Fsp3) is 0.208. The summed E-state index contributed by atoms with van der Waals surface area (Å²) in [5.41, 5.74) is 4.97. The lowest BCUT2D eigenvalue weighted by atomic mass is 10.0. The quantitative estimate of drug-likeness (QED) is 0.653. The van der Waals surface area contributed by atoms with Crippen LogP contribution in [0, 0.1) is 13.8 Å². The van der Waals surface area contributed by atoms with E-state index in [0.717, 1.165) is 39.4 Å². The molecule has 0 spiro atoms. The highest BCUT2D eigenvalue weighted by molar-refractivity contribution is 5.95. The first kappa shape index (κ1) is 19.0.